The monoisotopic (exact) mass is 295 g/mol. The van der Waals surface area contributed by atoms with Gasteiger partial charge in [0.15, 0.2) is 11.6 Å². The lowest BCUT2D eigenvalue weighted by atomic mass is 10.0. The Morgan fingerprint density at radius 3 is 2.05 bits per heavy atom. The van der Waals surface area contributed by atoms with Gasteiger partial charge in [0.1, 0.15) is 0 Å². The third-order valence-electron chi connectivity index (χ3n) is 4.23. The molecule has 6 heteroatoms. The summed E-state index contributed by atoms with van der Waals surface area (Å²) in [5.41, 5.74) is -0.259. The molecule has 1 saturated carbocycles. The first-order valence-corrected chi connectivity index (χ1v) is 7.05. The molecule has 0 bridgehead atoms. The Hall–Kier alpha value is -1.82. The number of hydrogen-bond donors (Lipinski definition) is 1. The molecule has 2 aliphatic rings. The van der Waals surface area contributed by atoms with E-state index in [9.17, 15) is 23.5 Å². The van der Waals surface area contributed by atoms with Gasteiger partial charge in [-0.25, -0.2) is 8.78 Å². The number of halogens is 2. The average molecular weight is 295 g/mol. The van der Waals surface area contributed by atoms with Crippen LogP contribution in [0.2, 0.25) is 0 Å². The molecule has 1 N–H and O–H groups in total. The minimum absolute atomic E-state index is 0.129. The summed E-state index contributed by atoms with van der Waals surface area (Å²) in [5.74, 6) is -3.61. The van der Waals surface area contributed by atoms with E-state index in [1.807, 2.05) is 0 Å². The van der Waals surface area contributed by atoms with Crippen LogP contribution in [-0.2, 0) is 0 Å². The molecule has 1 heterocycles. The lowest BCUT2D eigenvalue weighted by Crippen LogP contribution is -2.46. The lowest BCUT2D eigenvalue weighted by molar-refractivity contribution is 0.0321. The first-order chi connectivity index (χ1) is 10.0. The number of nitrogens with zero attached hydrogens (tertiary/aromatic N) is 1. The maximum atomic E-state index is 13.3. The summed E-state index contributed by atoms with van der Waals surface area (Å²) in [7, 11) is 0. The molecular weight excluding hydrogens is 280 g/mol. The molecular formula is C15H15F2NO3. The van der Waals surface area contributed by atoms with Crippen molar-refractivity contribution in [3.8, 4) is 0 Å². The van der Waals surface area contributed by atoms with E-state index in [-0.39, 0.29) is 11.1 Å². The van der Waals surface area contributed by atoms with Crippen molar-refractivity contribution in [2.75, 3.05) is 0 Å². The van der Waals surface area contributed by atoms with Gasteiger partial charge in [-0.2, -0.15) is 0 Å². The third kappa shape index (κ3) is 2.23. The van der Waals surface area contributed by atoms with E-state index in [0.717, 1.165) is 36.3 Å². The highest BCUT2D eigenvalue weighted by Crippen LogP contribution is 2.31. The van der Waals surface area contributed by atoms with Crippen molar-refractivity contribution in [3.63, 3.8) is 0 Å². The molecule has 1 aromatic carbocycles. The molecule has 2 atom stereocenters. The fraction of sp³-hybridized carbons (Fsp3) is 0.467. The Labute approximate surface area is 120 Å². The summed E-state index contributed by atoms with van der Waals surface area (Å²) in [6.07, 6.45) is 2.81. The summed E-state index contributed by atoms with van der Waals surface area (Å²) < 4.78 is 26.6. The summed E-state index contributed by atoms with van der Waals surface area (Å²) in [6, 6.07) is 0.896. The zero-order valence-corrected chi connectivity index (χ0v) is 11.3. The highest BCUT2D eigenvalue weighted by Gasteiger charge is 2.43. The summed E-state index contributed by atoms with van der Waals surface area (Å²) in [6.45, 7) is 0. The second-order valence-electron chi connectivity index (χ2n) is 5.56. The Kier molecular flexibility index (Phi) is 3.49. The number of imide groups is 1. The summed E-state index contributed by atoms with van der Waals surface area (Å²) >= 11 is 0. The molecule has 3 rings (SSSR count). The molecule has 0 aromatic heterocycles. The first kappa shape index (κ1) is 14.1. The SMILES string of the molecule is O=C1c2cc(F)c(F)cc2C(=O)N1C1CCCCCC1O. The predicted molar refractivity (Wildman–Crippen MR) is 69.7 cm³/mol. The highest BCUT2D eigenvalue weighted by atomic mass is 19.2. The molecule has 1 fully saturated rings. The topological polar surface area (TPSA) is 57.6 Å². The van der Waals surface area contributed by atoms with Crippen molar-refractivity contribution in [2.24, 2.45) is 0 Å². The molecule has 0 radical (unpaired) electrons. The first-order valence-electron chi connectivity index (χ1n) is 7.05. The van der Waals surface area contributed by atoms with E-state index in [1.165, 1.54) is 0 Å². The van der Waals surface area contributed by atoms with Crippen molar-refractivity contribution in [2.45, 2.75) is 44.2 Å². The van der Waals surface area contributed by atoms with Crippen LogP contribution in [-0.4, -0.2) is 34.0 Å². The van der Waals surface area contributed by atoms with Gasteiger partial charge >= 0.3 is 0 Å². The van der Waals surface area contributed by atoms with Gasteiger partial charge in [0.25, 0.3) is 11.8 Å². The molecule has 2 unspecified atom stereocenters. The van der Waals surface area contributed by atoms with E-state index in [0.29, 0.717) is 12.8 Å². The second kappa shape index (κ2) is 5.18. The number of hydrogen-bond acceptors (Lipinski definition) is 3. The summed E-state index contributed by atoms with van der Waals surface area (Å²) in [5, 5.41) is 10.1. The van der Waals surface area contributed by atoms with Gasteiger partial charge in [-0.3, -0.25) is 14.5 Å². The second-order valence-corrected chi connectivity index (χ2v) is 5.56. The minimum Gasteiger partial charge on any atom is -0.391 e. The van der Waals surface area contributed by atoms with Gasteiger partial charge in [-0.15, -0.1) is 0 Å². The Bertz CT molecular complexity index is 576. The normalized spacial score (nSPS) is 26.0. The van der Waals surface area contributed by atoms with Gasteiger partial charge < -0.3 is 5.11 Å². The van der Waals surface area contributed by atoms with E-state index in [4.69, 9.17) is 0 Å². The van der Waals surface area contributed by atoms with Gasteiger partial charge in [0.05, 0.1) is 23.3 Å². The highest BCUT2D eigenvalue weighted by molar-refractivity contribution is 6.21. The standard InChI is InChI=1S/C15H15F2NO3/c16-10-6-8-9(7-11(10)17)15(21)18(14(8)20)12-4-2-1-3-5-13(12)19/h6-7,12-13,19H,1-5H2. The molecule has 21 heavy (non-hydrogen) atoms. The molecule has 0 spiro atoms. The smallest absolute Gasteiger partial charge is 0.262 e. The van der Waals surface area contributed by atoms with Gasteiger partial charge in [-0.1, -0.05) is 19.3 Å². The van der Waals surface area contributed by atoms with Gasteiger partial charge in [0.2, 0.25) is 0 Å². The molecule has 1 aromatic rings. The number of aliphatic hydroxyl groups is 1. The van der Waals surface area contributed by atoms with Crippen LogP contribution >= 0.6 is 0 Å². The Morgan fingerprint density at radius 1 is 0.952 bits per heavy atom. The van der Waals surface area contributed by atoms with Crippen molar-refractivity contribution >= 4 is 11.8 Å². The maximum absolute atomic E-state index is 13.3. The number of carbonyl (C=O) groups excluding carboxylic acids is 2. The zero-order chi connectivity index (χ0) is 15.1. The molecule has 2 amide bonds. The van der Waals surface area contributed by atoms with Crippen LogP contribution in [0.1, 0.15) is 52.8 Å². The number of amides is 2. The number of fused-ring (bicyclic) bond motifs is 1. The van der Waals surface area contributed by atoms with Crippen LogP contribution in [0, 0.1) is 11.6 Å². The molecule has 112 valence electrons. The van der Waals surface area contributed by atoms with E-state index in [2.05, 4.69) is 0 Å². The molecule has 1 aliphatic carbocycles. The number of benzene rings is 1. The van der Waals surface area contributed by atoms with Crippen molar-refractivity contribution in [3.05, 3.63) is 34.9 Å². The summed E-state index contributed by atoms with van der Waals surface area (Å²) in [4.78, 5) is 25.6. The quantitative estimate of drug-likeness (QED) is 0.638. The Morgan fingerprint density at radius 2 is 1.48 bits per heavy atom. The maximum Gasteiger partial charge on any atom is 0.262 e. The number of carbonyl (C=O) groups is 2. The van der Waals surface area contributed by atoms with Crippen molar-refractivity contribution < 1.29 is 23.5 Å². The van der Waals surface area contributed by atoms with Crippen LogP contribution in [0.15, 0.2) is 12.1 Å². The lowest BCUT2D eigenvalue weighted by Gasteiger charge is -2.28. The van der Waals surface area contributed by atoms with E-state index >= 15 is 0 Å². The molecule has 4 nitrogen and oxygen atoms in total. The fourth-order valence-corrected chi connectivity index (χ4v) is 3.12. The largest absolute Gasteiger partial charge is 0.391 e. The van der Waals surface area contributed by atoms with Crippen molar-refractivity contribution in [1.82, 2.24) is 4.90 Å². The van der Waals surface area contributed by atoms with E-state index in [1.54, 1.807) is 0 Å². The average Bonchev–Trinajstić information content (AvgIpc) is 2.60. The van der Waals surface area contributed by atoms with Crippen LogP contribution in [0.3, 0.4) is 0 Å². The minimum atomic E-state index is -1.15. The van der Waals surface area contributed by atoms with Crippen LogP contribution in [0.25, 0.3) is 0 Å². The van der Waals surface area contributed by atoms with Gasteiger partial charge in [0, 0.05) is 0 Å². The predicted octanol–water partition coefficient (Wildman–Crippen LogP) is 2.25. The third-order valence-corrected chi connectivity index (χ3v) is 4.23. The zero-order valence-electron chi connectivity index (χ0n) is 11.3. The number of aliphatic hydroxyl groups excluding tert-OH is 1. The van der Waals surface area contributed by atoms with Gasteiger partial charge in [-0.05, 0) is 25.0 Å². The molecule has 1 aliphatic heterocycles. The Balaban J connectivity index is 1.99. The van der Waals surface area contributed by atoms with Crippen LogP contribution < -0.4 is 0 Å². The van der Waals surface area contributed by atoms with Crippen LogP contribution in [0.4, 0.5) is 8.78 Å². The molecule has 0 saturated heterocycles. The van der Waals surface area contributed by atoms with Crippen LogP contribution in [0.5, 0.6) is 0 Å². The fourth-order valence-electron chi connectivity index (χ4n) is 3.12. The van der Waals surface area contributed by atoms with Crippen molar-refractivity contribution in [1.29, 1.82) is 0 Å². The van der Waals surface area contributed by atoms with E-state index < -0.39 is 35.6 Å². The number of rotatable bonds is 1.